The first-order chi connectivity index (χ1) is 13.2. The molecule has 1 aliphatic heterocycles. The number of carbonyl (C=O) groups is 1. The molecule has 4 rings (SSSR count). The number of nitrogens with zero attached hydrogens (tertiary/aromatic N) is 1. The Bertz CT molecular complexity index is 950. The van der Waals surface area contributed by atoms with Crippen LogP contribution in [-0.4, -0.2) is 35.6 Å². The molecule has 1 aromatic carbocycles. The average molecular weight is 385 g/mol. The van der Waals surface area contributed by atoms with Crippen molar-refractivity contribution < 1.29 is 9.53 Å². The first-order valence-corrected chi connectivity index (χ1v) is 9.43. The largest absolute Gasteiger partial charge is 0.381 e. The van der Waals surface area contributed by atoms with Crippen molar-refractivity contribution in [3.05, 3.63) is 53.3 Å². The van der Waals surface area contributed by atoms with E-state index in [9.17, 15) is 4.79 Å². The van der Waals surface area contributed by atoms with Crippen molar-refractivity contribution in [1.29, 1.82) is 0 Å². The van der Waals surface area contributed by atoms with Crippen LogP contribution in [0.5, 0.6) is 0 Å². The predicted molar refractivity (Wildman–Crippen MR) is 107 cm³/mol. The highest BCUT2D eigenvalue weighted by Gasteiger charge is 2.18. The summed E-state index contributed by atoms with van der Waals surface area (Å²) in [6.07, 6.45) is 5.40. The molecule has 7 heteroatoms. The van der Waals surface area contributed by atoms with E-state index in [4.69, 9.17) is 16.3 Å². The highest BCUT2D eigenvalue weighted by atomic mass is 35.5. The summed E-state index contributed by atoms with van der Waals surface area (Å²) in [5.41, 5.74) is 2.19. The molecule has 3 heterocycles. The number of aromatic nitrogens is 2. The van der Waals surface area contributed by atoms with Crippen molar-refractivity contribution in [2.45, 2.75) is 12.8 Å². The molecule has 3 N–H and O–H groups in total. The van der Waals surface area contributed by atoms with Gasteiger partial charge in [0.1, 0.15) is 0 Å². The van der Waals surface area contributed by atoms with Gasteiger partial charge in [0.2, 0.25) is 0 Å². The molecule has 0 unspecified atom stereocenters. The highest BCUT2D eigenvalue weighted by Crippen LogP contribution is 2.27. The number of hydrogen-bond acceptors (Lipinski definition) is 4. The Morgan fingerprint density at radius 3 is 2.96 bits per heavy atom. The van der Waals surface area contributed by atoms with E-state index in [2.05, 4.69) is 20.6 Å². The molecular formula is C20H21ClN4O2. The SMILES string of the molecule is O=C(NCC1CCOCC1)c1cnc(Nc2cccc(Cl)c2)c2[nH]ccc12. The van der Waals surface area contributed by atoms with Crippen LogP contribution in [0.4, 0.5) is 11.5 Å². The lowest BCUT2D eigenvalue weighted by atomic mass is 10.0. The summed E-state index contributed by atoms with van der Waals surface area (Å²) in [6, 6.07) is 9.32. The van der Waals surface area contributed by atoms with Crippen LogP contribution < -0.4 is 10.6 Å². The summed E-state index contributed by atoms with van der Waals surface area (Å²) in [5.74, 6) is 1.02. The van der Waals surface area contributed by atoms with Crippen LogP contribution in [-0.2, 0) is 4.74 Å². The number of hydrogen-bond donors (Lipinski definition) is 3. The second kappa shape index (κ2) is 7.98. The monoisotopic (exact) mass is 384 g/mol. The summed E-state index contributed by atoms with van der Waals surface area (Å²) < 4.78 is 5.37. The molecule has 3 aromatic rings. The minimum atomic E-state index is -0.104. The average Bonchev–Trinajstić information content (AvgIpc) is 3.17. The third kappa shape index (κ3) is 4.07. The van der Waals surface area contributed by atoms with Crippen LogP contribution in [0.3, 0.4) is 0 Å². The number of H-pyrrole nitrogens is 1. The number of fused-ring (bicyclic) bond motifs is 1. The molecule has 0 aliphatic carbocycles. The second-order valence-corrected chi connectivity index (χ2v) is 7.12. The molecule has 6 nitrogen and oxygen atoms in total. The number of nitrogens with one attached hydrogen (secondary N) is 3. The van der Waals surface area contributed by atoms with Gasteiger partial charge in [0.25, 0.3) is 5.91 Å². The number of halogens is 1. The van der Waals surface area contributed by atoms with Gasteiger partial charge in [-0.3, -0.25) is 4.79 Å². The number of carbonyl (C=O) groups excluding carboxylic acids is 1. The number of aromatic amines is 1. The molecular weight excluding hydrogens is 364 g/mol. The minimum absolute atomic E-state index is 0.104. The zero-order chi connectivity index (χ0) is 18.6. The molecule has 27 heavy (non-hydrogen) atoms. The molecule has 0 atom stereocenters. The summed E-state index contributed by atoms with van der Waals surface area (Å²) >= 11 is 6.04. The van der Waals surface area contributed by atoms with Crippen molar-refractivity contribution in [1.82, 2.24) is 15.3 Å². The lowest BCUT2D eigenvalue weighted by Crippen LogP contribution is -2.32. The second-order valence-electron chi connectivity index (χ2n) is 6.69. The first kappa shape index (κ1) is 17.8. The van der Waals surface area contributed by atoms with E-state index in [-0.39, 0.29) is 5.91 Å². The molecule has 2 aromatic heterocycles. The maximum absolute atomic E-state index is 12.7. The molecule has 0 saturated carbocycles. The number of benzene rings is 1. The van der Waals surface area contributed by atoms with Crippen LogP contribution in [0.15, 0.2) is 42.7 Å². The Morgan fingerprint density at radius 1 is 1.30 bits per heavy atom. The Kier molecular flexibility index (Phi) is 5.27. The zero-order valence-corrected chi connectivity index (χ0v) is 15.6. The van der Waals surface area contributed by atoms with Crippen molar-refractivity contribution in [2.24, 2.45) is 5.92 Å². The van der Waals surface area contributed by atoms with E-state index in [0.717, 1.165) is 42.6 Å². The number of rotatable bonds is 5. The van der Waals surface area contributed by atoms with E-state index in [0.29, 0.717) is 28.9 Å². The maximum Gasteiger partial charge on any atom is 0.253 e. The maximum atomic E-state index is 12.7. The van der Waals surface area contributed by atoms with Crippen molar-refractivity contribution in [2.75, 3.05) is 25.1 Å². The van der Waals surface area contributed by atoms with Crippen LogP contribution in [0.2, 0.25) is 5.02 Å². The van der Waals surface area contributed by atoms with Gasteiger partial charge in [-0.25, -0.2) is 4.98 Å². The minimum Gasteiger partial charge on any atom is -0.381 e. The fourth-order valence-electron chi connectivity index (χ4n) is 3.31. The van der Waals surface area contributed by atoms with Gasteiger partial charge in [-0.1, -0.05) is 17.7 Å². The summed E-state index contributed by atoms with van der Waals surface area (Å²) in [5, 5.41) is 7.77. The third-order valence-corrected chi connectivity index (χ3v) is 5.06. The van der Waals surface area contributed by atoms with E-state index < -0.39 is 0 Å². The van der Waals surface area contributed by atoms with Gasteiger partial charge in [-0.15, -0.1) is 0 Å². The molecule has 1 fully saturated rings. The van der Waals surface area contributed by atoms with Crippen LogP contribution in [0, 0.1) is 5.92 Å². The van der Waals surface area contributed by atoms with Gasteiger partial charge >= 0.3 is 0 Å². The fourth-order valence-corrected chi connectivity index (χ4v) is 3.50. The summed E-state index contributed by atoms with van der Waals surface area (Å²) in [7, 11) is 0. The zero-order valence-electron chi connectivity index (χ0n) is 14.8. The number of pyridine rings is 1. The summed E-state index contributed by atoms with van der Waals surface area (Å²) in [4.78, 5) is 20.3. The highest BCUT2D eigenvalue weighted by molar-refractivity contribution is 6.30. The third-order valence-electron chi connectivity index (χ3n) is 4.82. The van der Waals surface area contributed by atoms with E-state index in [1.54, 1.807) is 6.20 Å². The van der Waals surface area contributed by atoms with Gasteiger partial charge < -0.3 is 20.4 Å². The molecule has 0 spiro atoms. The normalized spacial score (nSPS) is 15.0. The number of ether oxygens (including phenoxy) is 1. The van der Waals surface area contributed by atoms with Crippen LogP contribution in [0.25, 0.3) is 10.9 Å². The quantitative estimate of drug-likeness (QED) is 0.618. The van der Waals surface area contributed by atoms with Gasteiger partial charge in [0.05, 0.1) is 11.1 Å². The number of amides is 1. The van der Waals surface area contributed by atoms with Gasteiger partial charge in [-0.2, -0.15) is 0 Å². The predicted octanol–water partition coefficient (Wildman–Crippen LogP) is 4.12. The molecule has 1 saturated heterocycles. The van der Waals surface area contributed by atoms with Crippen molar-refractivity contribution in [3.8, 4) is 0 Å². The van der Waals surface area contributed by atoms with Gasteiger partial charge in [-0.05, 0) is 43.0 Å². The Morgan fingerprint density at radius 2 is 2.15 bits per heavy atom. The Balaban J connectivity index is 1.52. The lowest BCUT2D eigenvalue weighted by molar-refractivity contribution is 0.0643. The van der Waals surface area contributed by atoms with Crippen molar-refractivity contribution >= 4 is 39.9 Å². The Hall–Kier alpha value is -2.57. The van der Waals surface area contributed by atoms with Gasteiger partial charge in [0, 0.05) is 48.2 Å². The van der Waals surface area contributed by atoms with Gasteiger partial charge in [0.15, 0.2) is 5.82 Å². The molecule has 0 bridgehead atoms. The molecule has 1 amide bonds. The van der Waals surface area contributed by atoms with E-state index in [1.165, 1.54) is 0 Å². The standard InChI is InChI=1S/C20H21ClN4O2/c21-14-2-1-3-15(10-14)25-19-18-16(4-7-22-18)17(12-23-19)20(26)24-11-13-5-8-27-9-6-13/h1-4,7,10,12-13,22H,5-6,8-9,11H2,(H,23,25)(H,24,26). The Labute approximate surface area is 162 Å². The van der Waals surface area contributed by atoms with E-state index in [1.807, 2.05) is 36.5 Å². The first-order valence-electron chi connectivity index (χ1n) is 9.05. The molecule has 1 aliphatic rings. The van der Waals surface area contributed by atoms with Crippen molar-refractivity contribution in [3.63, 3.8) is 0 Å². The smallest absolute Gasteiger partial charge is 0.253 e. The van der Waals surface area contributed by atoms with Crippen LogP contribution in [0.1, 0.15) is 23.2 Å². The van der Waals surface area contributed by atoms with Crippen LogP contribution >= 0.6 is 11.6 Å². The van der Waals surface area contributed by atoms with E-state index >= 15 is 0 Å². The topological polar surface area (TPSA) is 79.0 Å². The fraction of sp³-hybridized carbons (Fsp3) is 0.300. The molecule has 0 radical (unpaired) electrons. The summed E-state index contributed by atoms with van der Waals surface area (Å²) in [6.45, 7) is 2.21. The lowest BCUT2D eigenvalue weighted by Gasteiger charge is -2.22. The number of anilines is 2. The molecule has 140 valence electrons.